The second-order valence-electron chi connectivity index (χ2n) is 8.70. The predicted molar refractivity (Wildman–Crippen MR) is 132 cm³/mol. The quantitative estimate of drug-likeness (QED) is 0.374. The van der Waals surface area contributed by atoms with E-state index in [0.717, 1.165) is 17.5 Å². The maximum Gasteiger partial charge on any atom is 0.163 e. The Bertz CT molecular complexity index is 1190. The summed E-state index contributed by atoms with van der Waals surface area (Å²) in [6.45, 7) is 5.35. The van der Waals surface area contributed by atoms with Crippen LogP contribution in [0.5, 0.6) is 11.5 Å². The second kappa shape index (κ2) is 11.4. The maximum atomic E-state index is 13.8. The van der Waals surface area contributed by atoms with Crippen LogP contribution in [0.15, 0.2) is 48.5 Å². The lowest BCUT2D eigenvalue weighted by Gasteiger charge is -2.24. The van der Waals surface area contributed by atoms with Crippen molar-refractivity contribution in [2.24, 2.45) is 0 Å². The molecule has 1 heterocycles. The number of ketones is 1. The number of aromatic nitrogens is 1. The Morgan fingerprint density at radius 2 is 1.89 bits per heavy atom. The summed E-state index contributed by atoms with van der Waals surface area (Å²) < 4.78 is 24.5. The van der Waals surface area contributed by atoms with Gasteiger partial charge in [0.05, 0.1) is 25.1 Å². The van der Waals surface area contributed by atoms with Crippen molar-refractivity contribution in [2.45, 2.75) is 45.6 Å². The number of Topliss-reactive ketones (excluding diaryl/α,β-unsaturated/α-hetero) is 1. The van der Waals surface area contributed by atoms with Crippen molar-refractivity contribution in [1.29, 1.82) is 0 Å². The van der Waals surface area contributed by atoms with E-state index in [2.05, 4.69) is 4.98 Å². The first-order chi connectivity index (χ1) is 16.7. The van der Waals surface area contributed by atoms with Gasteiger partial charge in [0, 0.05) is 17.5 Å². The molecule has 2 N–H and O–H groups in total. The average Bonchev–Trinajstić information content (AvgIpc) is 2.87. The molecule has 2 aromatic carbocycles. The van der Waals surface area contributed by atoms with Crippen LogP contribution in [0, 0.1) is 12.7 Å². The molecule has 0 fully saturated rings. The summed E-state index contributed by atoms with van der Waals surface area (Å²) in [4.78, 5) is 17.6. The molecule has 0 radical (unpaired) electrons. The largest absolute Gasteiger partial charge is 0.493 e. The second-order valence-corrected chi connectivity index (χ2v) is 8.70. The van der Waals surface area contributed by atoms with Crippen molar-refractivity contribution < 1.29 is 28.9 Å². The van der Waals surface area contributed by atoms with E-state index in [0.29, 0.717) is 34.0 Å². The molecule has 7 heteroatoms. The standard InChI is InChI=1S/C28H32FNO5/c1-5-19-15-23(20-6-8-22(29)18(2)14-20)30-27(16-19)28(3,33)11-10-24(32)21-7-9-25(35-13-12-31)26(17-21)34-4/h6-9,14-17,31,33H,5,10-13H2,1-4H3. The molecule has 0 amide bonds. The molecule has 3 aromatic rings. The number of aliphatic hydroxyl groups is 2. The number of hydrogen-bond acceptors (Lipinski definition) is 6. The van der Waals surface area contributed by atoms with Gasteiger partial charge in [-0.05, 0) is 86.3 Å². The molecule has 35 heavy (non-hydrogen) atoms. The first kappa shape index (κ1) is 26.3. The number of ether oxygens (including phenoxy) is 2. The van der Waals surface area contributed by atoms with Crippen LogP contribution in [0.25, 0.3) is 11.3 Å². The van der Waals surface area contributed by atoms with E-state index < -0.39 is 5.60 Å². The Morgan fingerprint density at radius 3 is 2.54 bits per heavy atom. The molecule has 1 unspecified atom stereocenters. The van der Waals surface area contributed by atoms with Gasteiger partial charge < -0.3 is 19.7 Å². The van der Waals surface area contributed by atoms with Gasteiger partial charge in [0.15, 0.2) is 17.3 Å². The number of aryl methyl sites for hydroxylation is 2. The molecule has 1 atom stereocenters. The SMILES string of the molecule is CCc1cc(-c2ccc(F)c(C)c2)nc(C(C)(O)CCC(=O)c2ccc(OCCO)c(OC)c2)c1. The van der Waals surface area contributed by atoms with E-state index in [1.807, 2.05) is 19.1 Å². The monoisotopic (exact) mass is 481 g/mol. The zero-order chi connectivity index (χ0) is 25.6. The molecule has 3 rings (SSSR count). The molecule has 1 aromatic heterocycles. The van der Waals surface area contributed by atoms with Crippen molar-refractivity contribution in [2.75, 3.05) is 20.3 Å². The Labute approximate surface area is 205 Å². The number of halogens is 1. The fourth-order valence-electron chi connectivity index (χ4n) is 3.76. The van der Waals surface area contributed by atoms with Gasteiger partial charge in [0.2, 0.25) is 0 Å². The molecular weight excluding hydrogens is 449 g/mol. The van der Waals surface area contributed by atoms with Gasteiger partial charge in [0.25, 0.3) is 0 Å². The number of methoxy groups -OCH3 is 1. The van der Waals surface area contributed by atoms with Crippen molar-refractivity contribution in [3.05, 3.63) is 76.7 Å². The molecule has 0 aliphatic rings. The highest BCUT2D eigenvalue weighted by molar-refractivity contribution is 5.96. The highest BCUT2D eigenvalue weighted by Crippen LogP contribution is 2.32. The summed E-state index contributed by atoms with van der Waals surface area (Å²) in [6.07, 6.45) is 0.997. The van der Waals surface area contributed by atoms with Crippen LogP contribution in [0.4, 0.5) is 4.39 Å². The lowest BCUT2D eigenvalue weighted by atomic mass is 9.91. The van der Waals surface area contributed by atoms with Gasteiger partial charge in [-0.2, -0.15) is 0 Å². The number of aliphatic hydroxyl groups excluding tert-OH is 1. The van der Waals surface area contributed by atoms with Gasteiger partial charge in [0.1, 0.15) is 18.0 Å². The minimum Gasteiger partial charge on any atom is -0.493 e. The summed E-state index contributed by atoms with van der Waals surface area (Å²) in [5, 5.41) is 20.2. The summed E-state index contributed by atoms with van der Waals surface area (Å²) >= 11 is 0. The third-order valence-corrected chi connectivity index (χ3v) is 5.97. The third kappa shape index (κ3) is 6.44. The Hall–Kier alpha value is -3.29. The maximum absolute atomic E-state index is 13.8. The molecule has 0 bridgehead atoms. The normalized spacial score (nSPS) is 12.8. The smallest absolute Gasteiger partial charge is 0.163 e. The Balaban J connectivity index is 1.81. The van der Waals surface area contributed by atoms with Gasteiger partial charge in [-0.15, -0.1) is 0 Å². The number of carbonyl (C=O) groups is 1. The number of nitrogens with zero attached hydrogens (tertiary/aromatic N) is 1. The van der Waals surface area contributed by atoms with Crippen LogP contribution in [0.3, 0.4) is 0 Å². The zero-order valence-corrected chi connectivity index (χ0v) is 20.6. The average molecular weight is 482 g/mol. The zero-order valence-electron chi connectivity index (χ0n) is 20.6. The highest BCUT2D eigenvalue weighted by Gasteiger charge is 2.27. The fraction of sp³-hybridized carbons (Fsp3) is 0.357. The van der Waals surface area contributed by atoms with Gasteiger partial charge >= 0.3 is 0 Å². The molecule has 0 spiro atoms. The van der Waals surface area contributed by atoms with Crippen molar-refractivity contribution >= 4 is 5.78 Å². The minimum atomic E-state index is -1.35. The van der Waals surface area contributed by atoms with E-state index in [1.165, 1.54) is 13.2 Å². The fourth-order valence-corrected chi connectivity index (χ4v) is 3.76. The van der Waals surface area contributed by atoms with Crippen LogP contribution in [-0.4, -0.2) is 41.3 Å². The number of hydrogen-bond donors (Lipinski definition) is 2. The summed E-state index contributed by atoms with van der Waals surface area (Å²) in [5.41, 5.74) is 2.48. The predicted octanol–water partition coefficient (Wildman–Crippen LogP) is 5.01. The number of benzene rings is 2. The summed E-state index contributed by atoms with van der Waals surface area (Å²) in [6, 6.07) is 13.5. The first-order valence-corrected chi connectivity index (χ1v) is 11.6. The highest BCUT2D eigenvalue weighted by atomic mass is 19.1. The van der Waals surface area contributed by atoms with Crippen LogP contribution in [0.1, 0.15) is 53.9 Å². The topological polar surface area (TPSA) is 88.9 Å². The van der Waals surface area contributed by atoms with Crippen molar-refractivity contribution in [3.63, 3.8) is 0 Å². The summed E-state index contributed by atoms with van der Waals surface area (Å²) in [5.74, 6) is 0.399. The van der Waals surface area contributed by atoms with E-state index in [-0.39, 0.29) is 37.7 Å². The van der Waals surface area contributed by atoms with Gasteiger partial charge in [-0.1, -0.05) is 6.92 Å². The molecule has 0 aliphatic carbocycles. The Morgan fingerprint density at radius 1 is 1.11 bits per heavy atom. The van der Waals surface area contributed by atoms with Crippen LogP contribution in [-0.2, 0) is 12.0 Å². The first-order valence-electron chi connectivity index (χ1n) is 11.6. The van der Waals surface area contributed by atoms with Crippen molar-refractivity contribution in [3.8, 4) is 22.8 Å². The molecule has 6 nitrogen and oxygen atoms in total. The van der Waals surface area contributed by atoms with E-state index in [1.54, 1.807) is 44.2 Å². The lowest BCUT2D eigenvalue weighted by molar-refractivity contribution is 0.0397. The molecule has 0 aliphatic heterocycles. The van der Waals surface area contributed by atoms with Crippen molar-refractivity contribution in [1.82, 2.24) is 4.98 Å². The van der Waals surface area contributed by atoms with E-state index >= 15 is 0 Å². The Kier molecular flexibility index (Phi) is 8.59. The van der Waals surface area contributed by atoms with Crippen LogP contribution >= 0.6 is 0 Å². The summed E-state index contributed by atoms with van der Waals surface area (Å²) in [7, 11) is 1.48. The van der Waals surface area contributed by atoms with E-state index in [4.69, 9.17) is 14.6 Å². The van der Waals surface area contributed by atoms with Gasteiger partial charge in [-0.25, -0.2) is 9.37 Å². The molecule has 0 saturated carbocycles. The van der Waals surface area contributed by atoms with Gasteiger partial charge in [-0.3, -0.25) is 4.79 Å². The molecule has 186 valence electrons. The number of rotatable bonds is 11. The molecular formula is C28H32FNO5. The number of carbonyl (C=O) groups excluding carboxylic acids is 1. The lowest BCUT2D eigenvalue weighted by Crippen LogP contribution is -2.24. The van der Waals surface area contributed by atoms with Crippen LogP contribution < -0.4 is 9.47 Å². The third-order valence-electron chi connectivity index (χ3n) is 5.97. The van der Waals surface area contributed by atoms with Crippen LogP contribution in [0.2, 0.25) is 0 Å². The van der Waals surface area contributed by atoms with E-state index in [9.17, 15) is 14.3 Å². The molecule has 0 saturated heterocycles. The minimum absolute atomic E-state index is 0.0933. The number of pyridine rings is 1.